The van der Waals surface area contributed by atoms with Crippen molar-refractivity contribution in [1.29, 1.82) is 0 Å². The van der Waals surface area contributed by atoms with Crippen LogP contribution in [0.15, 0.2) is 23.1 Å². The molecule has 2 aliphatic heterocycles. The summed E-state index contributed by atoms with van der Waals surface area (Å²) in [6, 6.07) is 4.72. The molecule has 0 aromatic heterocycles. The third-order valence-corrected chi connectivity index (χ3v) is 6.77. The molecule has 9 heteroatoms. The monoisotopic (exact) mass is 397 g/mol. The van der Waals surface area contributed by atoms with Gasteiger partial charge in [0.25, 0.3) is 0 Å². The average Bonchev–Trinajstić information content (AvgIpc) is 2.67. The molecule has 0 bridgehead atoms. The van der Waals surface area contributed by atoms with Crippen LogP contribution in [0.3, 0.4) is 0 Å². The molecule has 8 nitrogen and oxygen atoms in total. The second-order valence-electron chi connectivity index (χ2n) is 7.04. The molecule has 27 heavy (non-hydrogen) atoms. The van der Waals surface area contributed by atoms with E-state index in [1.807, 2.05) is 6.92 Å². The van der Waals surface area contributed by atoms with Crippen LogP contribution in [-0.4, -0.2) is 57.5 Å². The van der Waals surface area contributed by atoms with E-state index in [2.05, 4.69) is 5.32 Å². The van der Waals surface area contributed by atoms with Crippen molar-refractivity contribution in [3.05, 3.63) is 18.2 Å². The fraction of sp³-hybridized carbons (Fsp3) is 0.611. The highest BCUT2D eigenvalue weighted by molar-refractivity contribution is 7.89. The molecule has 150 valence electrons. The van der Waals surface area contributed by atoms with Crippen LogP contribution >= 0.6 is 0 Å². The first kappa shape index (κ1) is 19.9. The van der Waals surface area contributed by atoms with Crippen molar-refractivity contribution in [2.45, 2.75) is 37.1 Å². The molecule has 1 fully saturated rings. The molecule has 1 unspecified atom stereocenters. The molecule has 1 aromatic rings. The molecule has 1 saturated heterocycles. The number of rotatable bonds is 6. The molecule has 0 aliphatic carbocycles. The van der Waals surface area contributed by atoms with Crippen LogP contribution in [0.25, 0.3) is 0 Å². The van der Waals surface area contributed by atoms with Crippen molar-refractivity contribution in [3.8, 4) is 11.5 Å². The smallest absolute Gasteiger partial charge is 0.243 e. The first-order valence-electron chi connectivity index (χ1n) is 9.31. The Kier molecular flexibility index (Phi) is 6.23. The van der Waals surface area contributed by atoms with Gasteiger partial charge < -0.3 is 20.5 Å². The summed E-state index contributed by atoms with van der Waals surface area (Å²) < 4.78 is 38.2. The summed E-state index contributed by atoms with van der Waals surface area (Å²) in [5.41, 5.74) is 5.68. The lowest BCUT2D eigenvalue weighted by atomic mass is 9.97. The van der Waals surface area contributed by atoms with Crippen LogP contribution in [0.4, 0.5) is 0 Å². The molecule has 2 heterocycles. The van der Waals surface area contributed by atoms with Gasteiger partial charge in [0.05, 0.1) is 4.90 Å². The van der Waals surface area contributed by atoms with Crippen LogP contribution in [0.2, 0.25) is 0 Å². The molecule has 1 atom stereocenters. The number of sulfonamides is 1. The van der Waals surface area contributed by atoms with Crippen LogP contribution in [0.1, 0.15) is 26.2 Å². The molecule has 0 radical (unpaired) electrons. The second-order valence-corrected chi connectivity index (χ2v) is 8.98. The minimum atomic E-state index is -3.62. The van der Waals surface area contributed by atoms with Gasteiger partial charge in [-0.2, -0.15) is 4.31 Å². The molecular weight excluding hydrogens is 370 g/mol. The van der Waals surface area contributed by atoms with E-state index in [1.165, 1.54) is 16.4 Å². The van der Waals surface area contributed by atoms with Gasteiger partial charge in [0.2, 0.25) is 15.9 Å². The number of ether oxygens (including phenoxy) is 2. The fourth-order valence-corrected chi connectivity index (χ4v) is 4.74. The van der Waals surface area contributed by atoms with Crippen LogP contribution in [0, 0.1) is 5.92 Å². The number of amides is 1. The number of piperidine rings is 1. The Hall–Kier alpha value is -1.84. The number of hydrogen-bond acceptors (Lipinski definition) is 6. The van der Waals surface area contributed by atoms with E-state index in [1.54, 1.807) is 6.07 Å². The summed E-state index contributed by atoms with van der Waals surface area (Å²) in [5, 5.41) is 2.89. The predicted octanol–water partition coefficient (Wildman–Crippen LogP) is 0.712. The van der Waals surface area contributed by atoms with E-state index in [-0.39, 0.29) is 22.8 Å². The number of fused-ring (bicyclic) bond motifs is 1. The molecule has 1 aromatic carbocycles. The highest BCUT2D eigenvalue weighted by Crippen LogP contribution is 2.34. The summed E-state index contributed by atoms with van der Waals surface area (Å²) in [7, 11) is -3.62. The Balaban J connectivity index is 1.59. The SMILES string of the molecule is CC(N)CCNC(=O)C1CCN(S(=O)(=O)c2ccc3c(c2)OCCO3)CC1. The number of nitrogens with two attached hydrogens (primary N) is 1. The summed E-state index contributed by atoms with van der Waals surface area (Å²) in [6.45, 7) is 3.95. The first-order chi connectivity index (χ1) is 12.9. The molecule has 0 spiro atoms. The van der Waals surface area contributed by atoms with E-state index >= 15 is 0 Å². The Bertz CT molecular complexity index is 773. The molecular formula is C18H27N3O5S. The number of carbonyl (C=O) groups is 1. The van der Waals surface area contributed by atoms with Gasteiger partial charge in [-0.1, -0.05) is 0 Å². The molecule has 3 rings (SSSR count). The Morgan fingerprint density at radius 3 is 2.59 bits per heavy atom. The Morgan fingerprint density at radius 1 is 1.26 bits per heavy atom. The van der Waals surface area contributed by atoms with Crippen LogP contribution < -0.4 is 20.5 Å². The van der Waals surface area contributed by atoms with Gasteiger partial charge in [-0.3, -0.25) is 4.79 Å². The number of carbonyl (C=O) groups excluding carboxylic acids is 1. The van der Waals surface area contributed by atoms with Crippen LogP contribution in [0.5, 0.6) is 11.5 Å². The lowest BCUT2D eigenvalue weighted by molar-refractivity contribution is -0.126. The summed E-state index contributed by atoms with van der Waals surface area (Å²) >= 11 is 0. The van der Waals surface area contributed by atoms with E-state index in [9.17, 15) is 13.2 Å². The van der Waals surface area contributed by atoms with Crippen molar-refractivity contribution < 1.29 is 22.7 Å². The highest BCUT2D eigenvalue weighted by Gasteiger charge is 2.32. The van der Waals surface area contributed by atoms with Crippen molar-refractivity contribution >= 4 is 15.9 Å². The van der Waals surface area contributed by atoms with E-state index in [0.717, 1.165) is 6.42 Å². The molecule has 3 N–H and O–H groups in total. The highest BCUT2D eigenvalue weighted by atomic mass is 32.2. The largest absolute Gasteiger partial charge is 0.486 e. The van der Waals surface area contributed by atoms with Gasteiger partial charge in [0, 0.05) is 37.7 Å². The van der Waals surface area contributed by atoms with Crippen molar-refractivity contribution in [1.82, 2.24) is 9.62 Å². The minimum Gasteiger partial charge on any atom is -0.486 e. The predicted molar refractivity (Wildman–Crippen MR) is 100 cm³/mol. The van der Waals surface area contributed by atoms with Crippen molar-refractivity contribution in [2.24, 2.45) is 11.7 Å². The quantitative estimate of drug-likeness (QED) is 0.731. The minimum absolute atomic E-state index is 0.0213. The Morgan fingerprint density at radius 2 is 1.93 bits per heavy atom. The van der Waals surface area contributed by atoms with Gasteiger partial charge in [0.15, 0.2) is 11.5 Å². The summed E-state index contributed by atoms with van der Waals surface area (Å²) in [4.78, 5) is 12.4. The molecule has 2 aliphatic rings. The third kappa shape index (κ3) is 4.72. The van der Waals surface area contributed by atoms with Crippen LogP contribution in [-0.2, 0) is 14.8 Å². The lowest BCUT2D eigenvalue weighted by Gasteiger charge is -2.31. The maximum Gasteiger partial charge on any atom is 0.243 e. The van der Waals surface area contributed by atoms with E-state index in [4.69, 9.17) is 15.2 Å². The van der Waals surface area contributed by atoms with E-state index in [0.29, 0.717) is 57.2 Å². The maximum absolute atomic E-state index is 12.9. The number of nitrogens with one attached hydrogen (secondary N) is 1. The zero-order valence-electron chi connectivity index (χ0n) is 15.5. The van der Waals surface area contributed by atoms with E-state index < -0.39 is 10.0 Å². The molecule has 0 saturated carbocycles. The average molecular weight is 397 g/mol. The number of hydrogen-bond donors (Lipinski definition) is 2. The van der Waals surface area contributed by atoms with Gasteiger partial charge in [-0.15, -0.1) is 0 Å². The zero-order valence-corrected chi connectivity index (χ0v) is 16.3. The lowest BCUT2D eigenvalue weighted by Crippen LogP contribution is -2.43. The summed E-state index contributed by atoms with van der Waals surface area (Å²) in [6.07, 6.45) is 1.74. The first-order valence-corrected chi connectivity index (χ1v) is 10.7. The van der Waals surface area contributed by atoms with Crippen molar-refractivity contribution in [2.75, 3.05) is 32.8 Å². The van der Waals surface area contributed by atoms with Gasteiger partial charge >= 0.3 is 0 Å². The number of nitrogens with zero attached hydrogens (tertiary/aromatic N) is 1. The Labute approximate surface area is 160 Å². The van der Waals surface area contributed by atoms with Crippen molar-refractivity contribution in [3.63, 3.8) is 0 Å². The fourth-order valence-electron chi connectivity index (χ4n) is 3.26. The number of benzene rings is 1. The zero-order chi connectivity index (χ0) is 19.4. The second kappa shape index (κ2) is 8.45. The standard InChI is InChI=1S/C18H27N3O5S/c1-13(19)4-7-20-18(22)14-5-8-21(9-6-14)27(23,24)15-2-3-16-17(12-15)26-11-10-25-16/h2-3,12-14H,4-11,19H2,1H3,(H,20,22). The van der Waals surface area contributed by atoms with Gasteiger partial charge in [-0.25, -0.2) is 8.42 Å². The van der Waals surface area contributed by atoms with Gasteiger partial charge in [0.1, 0.15) is 13.2 Å². The summed E-state index contributed by atoms with van der Waals surface area (Å²) in [5.74, 6) is 0.824. The maximum atomic E-state index is 12.9. The third-order valence-electron chi connectivity index (χ3n) is 4.88. The van der Waals surface area contributed by atoms with Gasteiger partial charge in [-0.05, 0) is 38.3 Å². The topological polar surface area (TPSA) is 111 Å². The molecule has 1 amide bonds. The normalized spacial score (nSPS) is 19.5.